The minimum absolute atomic E-state index is 0.731. The van der Waals surface area contributed by atoms with Crippen molar-refractivity contribution >= 4 is 55.0 Å². The summed E-state index contributed by atoms with van der Waals surface area (Å²) < 4.78 is 0. The predicted molar refractivity (Wildman–Crippen MR) is 172 cm³/mol. The highest BCUT2D eigenvalue weighted by Gasteiger charge is 2.15. The van der Waals surface area contributed by atoms with E-state index in [1.807, 2.05) is 6.07 Å². The zero-order chi connectivity index (χ0) is 26.6. The van der Waals surface area contributed by atoms with Crippen LogP contribution in [0.4, 0.5) is 0 Å². The molecule has 188 valence electrons. The molecule has 0 unspecified atom stereocenters. The average Bonchev–Trinajstić information content (AvgIpc) is 3.40. The summed E-state index contributed by atoms with van der Waals surface area (Å²) in [5.41, 5.74) is 9.35. The SMILES string of the molecule is Clc1ccc(-c2cccc(-c3cccc4c3[nH]c3ccccc34)c2)c(-c2cc3ccccc3c3ccccc23)c1. The van der Waals surface area contributed by atoms with Gasteiger partial charge in [0.05, 0.1) is 5.52 Å². The van der Waals surface area contributed by atoms with Gasteiger partial charge in [-0.2, -0.15) is 0 Å². The molecule has 8 aromatic rings. The number of aromatic amines is 1. The number of nitrogens with one attached hydrogen (secondary N) is 1. The number of halogens is 1. The Morgan fingerprint density at radius 1 is 0.400 bits per heavy atom. The Balaban J connectivity index is 1.35. The van der Waals surface area contributed by atoms with Crippen molar-refractivity contribution in [2.45, 2.75) is 0 Å². The number of fused-ring (bicyclic) bond motifs is 6. The van der Waals surface area contributed by atoms with E-state index >= 15 is 0 Å². The summed E-state index contributed by atoms with van der Waals surface area (Å²) in [7, 11) is 0. The van der Waals surface area contributed by atoms with E-state index in [1.54, 1.807) is 0 Å². The van der Waals surface area contributed by atoms with Gasteiger partial charge >= 0.3 is 0 Å². The van der Waals surface area contributed by atoms with Crippen LogP contribution in [-0.2, 0) is 0 Å². The van der Waals surface area contributed by atoms with Gasteiger partial charge in [0.1, 0.15) is 0 Å². The normalized spacial score (nSPS) is 11.6. The Morgan fingerprint density at radius 2 is 1.07 bits per heavy atom. The van der Waals surface area contributed by atoms with Gasteiger partial charge in [0, 0.05) is 26.9 Å². The second-order valence-corrected chi connectivity index (χ2v) is 10.8. The zero-order valence-electron chi connectivity index (χ0n) is 21.7. The summed E-state index contributed by atoms with van der Waals surface area (Å²) in [6.45, 7) is 0. The number of benzene rings is 7. The summed E-state index contributed by atoms with van der Waals surface area (Å²) >= 11 is 6.65. The molecule has 0 aliphatic carbocycles. The number of rotatable bonds is 3. The molecule has 1 aromatic heterocycles. The number of hydrogen-bond acceptors (Lipinski definition) is 0. The fourth-order valence-corrected chi connectivity index (χ4v) is 6.41. The van der Waals surface area contributed by atoms with Gasteiger partial charge in [-0.15, -0.1) is 0 Å². The number of hydrogen-bond donors (Lipinski definition) is 1. The van der Waals surface area contributed by atoms with Gasteiger partial charge in [-0.05, 0) is 79.7 Å². The van der Waals surface area contributed by atoms with Crippen molar-refractivity contribution in [1.29, 1.82) is 0 Å². The Labute approximate surface area is 237 Å². The lowest BCUT2D eigenvalue weighted by molar-refractivity contribution is 1.53. The summed E-state index contributed by atoms with van der Waals surface area (Å²) in [6.07, 6.45) is 0. The number of aromatic nitrogens is 1. The first-order chi connectivity index (χ1) is 19.7. The number of H-pyrrole nitrogens is 1. The molecule has 0 spiro atoms. The first kappa shape index (κ1) is 23.1. The van der Waals surface area contributed by atoms with Crippen molar-refractivity contribution in [2.24, 2.45) is 0 Å². The molecule has 40 heavy (non-hydrogen) atoms. The van der Waals surface area contributed by atoms with Crippen LogP contribution >= 0.6 is 11.6 Å². The van der Waals surface area contributed by atoms with Crippen LogP contribution in [0.25, 0.3) is 76.7 Å². The zero-order valence-corrected chi connectivity index (χ0v) is 22.4. The molecular formula is C38H24ClN. The van der Waals surface area contributed by atoms with E-state index in [0.29, 0.717) is 0 Å². The first-order valence-electron chi connectivity index (χ1n) is 13.6. The summed E-state index contributed by atoms with van der Waals surface area (Å²) in [5, 5.41) is 8.19. The predicted octanol–water partition coefficient (Wildman–Crippen LogP) is 11.3. The van der Waals surface area contributed by atoms with Crippen molar-refractivity contribution in [3.05, 3.63) is 145 Å². The molecule has 0 saturated carbocycles. The standard InChI is InChI=1S/C38H24ClN/c39-27-19-20-29(36(23-27)35-22-26-9-1-2-12-28(26)31-13-3-4-14-32(31)35)24-10-7-11-25(21-24)30-16-8-17-34-33-15-5-6-18-37(33)40-38(30)34/h1-23,40H. The van der Waals surface area contributed by atoms with Crippen LogP contribution in [0.3, 0.4) is 0 Å². The van der Waals surface area contributed by atoms with E-state index in [0.717, 1.165) is 32.7 Å². The van der Waals surface area contributed by atoms with E-state index in [2.05, 4.69) is 138 Å². The third kappa shape index (κ3) is 3.63. The lowest BCUT2D eigenvalue weighted by Crippen LogP contribution is -1.90. The molecule has 0 saturated heterocycles. The molecule has 0 bridgehead atoms. The smallest absolute Gasteiger partial charge is 0.0544 e. The summed E-state index contributed by atoms with van der Waals surface area (Å²) in [5.74, 6) is 0. The maximum absolute atomic E-state index is 6.65. The largest absolute Gasteiger partial charge is 0.354 e. The lowest BCUT2D eigenvalue weighted by Gasteiger charge is -2.16. The maximum Gasteiger partial charge on any atom is 0.0544 e. The van der Waals surface area contributed by atoms with E-state index in [4.69, 9.17) is 11.6 Å². The van der Waals surface area contributed by atoms with Crippen LogP contribution < -0.4 is 0 Å². The fraction of sp³-hybridized carbons (Fsp3) is 0. The van der Waals surface area contributed by atoms with E-state index in [9.17, 15) is 0 Å². The quantitative estimate of drug-likeness (QED) is 0.219. The third-order valence-electron chi connectivity index (χ3n) is 8.07. The Hall–Kier alpha value is -4.85. The van der Waals surface area contributed by atoms with Crippen LogP contribution in [-0.4, -0.2) is 4.98 Å². The molecule has 0 aliphatic heterocycles. The molecule has 1 N–H and O–H groups in total. The van der Waals surface area contributed by atoms with Crippen molar-refractivity contribution in [3.8, 4) is 33.4 Å². The molecule has 1 heterocycles. The Morgan fingerprint density at radius 3 is 1.95 bits per heavy atom. The van der Waals surface area contributed by atoms with Crippen LogP contribution in [0.5, 0.6) is 0 Å². The van der Waals surface area contributed by atoms with Crippen molar-refractivity contribution < 1.29 is 0 Å². The van der Waals surface area contributed by atoms with Crippen LogP contribution in [0.15, 0.2) is 140 Å². The second-order valence-electron chi connectivity index (χ2n) is 10.4. The minimum atomic E-state index is 0.731. The van der Waals surface area contributed by atoms with Crippen molar-refractivity contribution in [2.75, 3.05) is 0 Å². The molecule has 7 aromatic carbocycles. The Bertz CT molecular complexity index is 2240. The van der Waals surface area contributed by atoms with Crippen molar-refractivity contribution in [1.82, 2.24) is 4.98 Å². The van der Waals surface area contributed by atoms with Gasteiger partial charge in [-0.1, -0.05) is 121 Å². The molecule has 2 heteroatoms. The minimum Gasteiger partial charge on any atom is -0.354 e. The van der Waals surface area contributed by atoms with E-state index in [-0.39, 0.29) is 0 Å². The third-order valence-corrected chi connectivity index (χ3v) is 8.30. The molecule has 0 fully saturated rings. The highest BCUT2D eigenvalue weighted by atomic mass is 35.5. The van der Waals surface area contributed by atoms with Gasteiger partial charge in [0.25, 0.3) is 0 Å². The van der Waals surface area contributed by atoms with Gasteiger partial charge in [0.2, 0.25) is 0 Å². The maximum atomic E-state index is 6.65. The van der Waals surface area contributed by atoms with Gasteiger partial charge in [-0.25, -0.2) is 0 Å². The van der Waals surface area contributed by atoms with Crippen LogP contribution in [0, 0.1) is 0 Å². The monoisotopic (exact) mass is 529 g/mol. The highest BCUT2D eigenvalue weighted by molar-refractivity contribution is 6.31. The molecule has 0 radical (unpaired) electrons. The van der Waals surface area contributed by atoms with Gasteiger partial charge in [-0.3, -0.25) is 0 Å². The highest BCUT2D eigenvalue weighted by Crippen LogP contribution is 2.42. The summed E-state index contributed by atoms with van der Waals surface area (Å²) in [4.78, 5) is 3.67. The average molecular weight is 530 g/mol. The van der Waals surface area contributed by atoms with Crippen molar-refractivity contribution in [3.63, 3.8) is 0 Å². The van der Waals surface area contributed by atoms with E-state index < -0.39 is 0 Å². The topological polar surface area (TPSA) is 15.8 Å². The molecule has 0 amide bonds. The number of para-hydroxylation sites is 2. The Kier molecular flexibility index (Phi) is 5.26. The molecular weight excluding hydrogens is 506 g/mol. The lowest BCUT2D eigenvalue weighted by atomic mass is 9.88. The first-order valence-corrected chi connectivity index (χ1v) is 13.9. The fourth-order valence-electron chi connectivity index (χ4n) is 6.24. The molecule has 0 aliphatic rings. The van der Waals surface area contributed by atoms with Gasteiger partial charge in [0.15, 0.2) is 0 Å². The van der Waals surface area contributed by atoms with E-state index in [1.165, 1.54) is 49.0 Å². The van der Waals surface area contributed by atoms with Gasteiger partial charge < -0.3 is 4.98 Å². The van der Waals surface area contributed by atoms with Crippen LogP contribution in [0.1, 0.15) is 0 Å². The molecule has 1 nitrogen and oxygen atoms in total. The van der Waals surface area contributed by atoms with Crippen LogP contribution in [0.2, 0.25) is 5.02 Å². The summed E-state index contributed by atoms with van der Waals surface area (Å²) in [6, 6.07) is 49.8. The molecule has 0 atom stereocenters. The molecule has 8 rings (SSSR count). The second kappa shape index (κ2) is 9.12.